The molecule has 1 atom stereocenters. The van der Waals surface area contributed by atoms with Gasteiger partial charge in [0.2, 0.25) is 5.43 Å². The van der Waals surface area contributed by atoms with Crippen LogP contribution in [0.4, 0.5) is 0 Å². The second-order valence-electron chi connectivity index (χ2n) is 5.22. The van der Waals surface area contributed by atoms with Gasteiger partial charge in [0.25, 0.3) is 0 Å². The Morgan fingerprint density at radius 2 is 2.05 bits per heavy atom. The number of aromatic hydroxyl groups is 1. The zero-order valence-corrected chi connectivity index (χ0v) is 12.2. The van der Waals surface area contributed by atoms with Crippen LogP contribution in [0.5, 0.6) is 5.75 Å². The van der Waals surface area contributed by atoms with E-state index in [-0.39, 0.29) is 5.75 Å². The van der Waals surface area contributed by atoms with E-state index in [0.717, 1.165) is 0 Å². The van der Waals surface area contributed by atoms with E-state index in [0.29, 0.717) is 44.2 Å². The molecule has 0 spiro atoms. The molecule has 116 valence electrons. The van der Waals surface area contributed by atoms with E-state index in [2.05, 4.69) is 0 Å². The summed E-state index contributed by atoms with van der Waals surface area (Å²) in [7, 11) is 0. The van der Waals surface area contributed by atoms with Crippen molar-refractivity contribution >= 4 is 5.97 Å². The molecule has 2 heterocycles. The molecule has 0 aromatic carbocycles. The van der Waals surface area contributed by atoms with Gasteiger partial charge < -0.3 is 19.5 Å². The Labute approximate surface area is 122 Å². The molecular weight excluding hydrogens is 276 g/mol. The number of morpholine rings is 1. The maximum absolute atomic E-state index is 11.8. The molecule has 7 heteroatoms. The van der Waals surface area contributed by atoms with Crippen LogP contribution in [-0.2, 0) is 16.1 Å². The van der Waals surface area contributed by atoms with Gasteiger partial charge in [0, 0.05) is 31.4 Å². The third-order valence-electron chi connectivity index (χ3n) is 3.74. The van der Waals surface area contributed by atoms with Crippen molar-refractivity contribution < 1.29 is 19.7 Å². The molecule has 2 N–H and O–H groups in total. The van der Waals surface area contributed by atoms with Crippen molar-refractivity contribution in [2.24, 2.45) is 0 Å². The van der Waals surface area contributed by atoms with Gasteiger partial charge >= 0.3 is 5.97 Å². The maximum atomic E-state index is 11.8. The van der Waals surface area contributed by atoms with Gasteiger partial charge in [-0.1, -0.05) is 0 Å². The number of aromatic nitrogens is 1. The Bertz CT molecular complexity index is 590. The second kappa shape index (κ2) is 6.28. The summed E-state index contributed by atoms with van der Waals surface area (Å²) in [6.07, 6.45) is 0. The number of rotatable bonds is 4. The lowest BCUT2D eigenvalue weighted by atomic mass is 10.2. The number of ether oxygens (including phenoxy) is 1. The Morgan fingerprint density at radius 3 is 2.62 bits per heavy atom. The van der Waals surface area contributed by atoms with Crippen LogP contribution >= 0.6 is 0 Å². The lowest BCUT2D eigenvalue weighted by molar-refractivity contribution is -0.140. The Morgan fingerprint density at radius 1 is 1.43 bits per heavy atom. The molecule has 7 nitrogen and oxygen atoms in total. The van der Waals surface area contributed by atoms with Gasteiger partial charge in [-0.3, -0.25) is 9.69 Å². The number of hydrogen-bond acceptors (Lipinski definition) is 5. The van der Waals surface area contributed by atoms with E-state index < -0.39 is 17.4 Å². The van der Waals surface area contributed by atoms with E-state index in [1.165, 1.54) is 17.6 Å². The topological polar surface area (TPSA) is 92.0 Å². The Kier molecular flexibility index (Phi) is 4.64. The van der Waals surface area contributed by atoms with Crippen LogP contribution in [-0.4, -0.2) is 52.0 Å². The lowest BCUT2D eigenvalue weighted by Crippen LogP contribution is -2.37. The molecule has 2 rings (SSSR count). The summed E-state index contributed by atoms with van der Waals surface area (Å²) in [6.45, 7) is 6.07. The number of carboxylic acid groups (broad SMARTS) is 1. The number of carboxylic acids is 1. The number of aliphatic carboxylic acids is 1. The van der Waals surface area contributed by atoms with Gasteiger partial charge in [-0.15, -0.1) is 0 Å². The molecular formula is C14H20N2O5. The third kappa shape index (κ3) is 3.25. The highest BCUT2D eigenvalue weighted by atomic mass is 16.5. The quantitative estimate of drug-likeness (QED) is 0.832. The minimum atomic E-state index is -1.01. The first kappa shape index (κ1) is 15.5. The minimum Gasteiger partial charge on any atom is -0.503 e. The molecule has 0 amide bonds. The molecule has 1 aromatic rings. The first-order valence-electron chi connectivity index (χ1n) is 6.88. The fourth-order valence-electron chi connectivity index (χ4n) is 2.57. The van der Waals surface area contributed by atoms with Gasteiger partial charge in [-0.25, -0.2) is 4.79 Å². The molecule has 0 radical (unpaired) electrons. The first-order chi connectivity index (χ1) is 9.91. The standard InChI is InChI=1S/C14H20N2O5/c1-9-7-12(17)13(18)11(16(9)10(2)14(19)20)8-15-3-5-21-6-4-15/h7,10,18H,3-6,8H2,1-2H3,(H,19,20). The Balaban J connectivity index is 2.45. The first-order valence-corrected chi connectivity index (χ1v) is 6.88. The molecule has 1 aliphatic rings. The van der Waals surface area contributed by atoms with Crippen LogP contribution in [0.15, 0.2) is 10.9 Å². The largest absolute Gasteiger partial charge is 0.503 e. The summed E-state index contributed by atoms with van der Waals surface area (Å²) >= 11 is 0. The van der Waals surface area contributed by atoms with Crippen molar-refractivity contribution in [1.82, 2.24) is 9.47 Å². The molecule has 1 aliphatic heterocycles. The summed E-state index contributed by atoms with van der Waals surface area (Å²) in [5, 5.41) is 19.3. The number of carbonyl (C=O) groups is 1. The van der Waals surface area contributed by atoms with E-state index in [4.69, 9.17) is 4.74 Å². The zero-order chi connectivity index (χ0) is 15.6. The molecule has 0 saturated carbocycles. The van der Waals surface area contributed by atoms with Gasteiger partial charge in [-0.2, -0.15) is 0 Å². The number of nitrogens with zero attached hydrogens (tertiary/aromatic N) is 2. The third-order valence-corrected chi connectivity index (χ3v) is 3.74. The number of aryl methyl sites for hydroxylation is 1. The van der Waals surface area contributed by atoms with Gasteiger partial charge in [0.05, 0.1) is 18.9 Å². The Hall–Kier alpha value is -1.86. The fourth-order valence-corrected chi connectivity index (χ4v) is 2.57. The van der Waals surface area contributed by atoms with Crippen LogP contribution in [0.2, 0.25) is 0 Å². The summed E-state index contributed by atoms with van der Waals surface area (Å²) in [5.74, 6) is -1.38. The summed E-state index contributed by atoms with van der Waals surface area (Å²) in [6, 6.07) is 0.407. The maximum Gasteiger partial charge on any atom is 0.326 e. The highest BCUT2D eigenvalue weighted by molar-refractivity contribution is 5.71. The molecule has 1 aromatic heterocycles. The van der Waals surface area contributed by atoms with Crippen molar-refractivity contribution in [2.75, 3.05) is 26.3 Å². The normalized spacial score (nSPS) is 17.6. The van der Waals surface area contributed by atoms with Crippen molar-refractivity contribution in [3.63, 3.8) is 0 Å². The lowest BCUT2D eigenvalue weighted by Gasteiger charge is -2.29. The number of hydrogen-bond donors (Lipinski definition) is 2. The van der Waals surface area contributed by atoms with E-state index >= 15 is 0 Å². The summed E-state index contributed by atoms with van der Waals surface area (Å²) in [5.41, 5.74) is 0.386. The highest BCUT2D eigenvalue weighted by Crippen LogP contribution is 2.22. The van der Waals surface area contributed by atoms with E-state index in [9.17, 15) is 19.8 Å². The summed E-state index contributed by atoms with van der Waals surface area (Å²) in [4.78, 5) is 25.1. The second-order valence-corrected chi connectivity index (χ2v) is 5.22. The molecule has 0 aliphatic carbocycles. The molecule has 1 fully saturated rings. The van der Waals surface area contributed by atoms with E-state index in [1.54, 1.807) is 6.92 Å². The van der Waals surface area contributed by atoms with Gasteiger partial charge in [0.15, 0.2) is 5.75 Å². The molecule has 1 saturated heterocycles. The van der Waals surface area contributed by atoms with Crippen molar-refractivity contribution in [3.05, 3.63) is 27.7 Å². The summed E-state index contributed by atoms with van der Waals surface area (Å²) < 4.78 is 6.77. The molecule has 0 bridgehead atoms. The van der Waals surface area contributed by atoms with Gasteiger partial charge in [-0.05, 0) is 13.8 Å². The van der Waals surface area contributed by atoms with Crippen LogP contribution in [0.25, 0.3) is 0 Å². The van der Waals surface area contributed by atoms with Crippen molar-refractivity contribution in [1.29, 1.82) is 0 Å². The molecule has 21 heavy (non-hydrogen) atoms. The smallest absolute Gasteiger partial charge is 0.326 e. The molecule has 1 unspecified atom stereocenters. The monoisotopic (exact) mass is 296 g/mol. The average molecular weight is 296 g/mol. The van der Waals surface area contributed by atoms with Gasteiger partial charge in [0.1, 0.15) is 6.04 Å². The SMILES string of the molecule is Cc1cc(=O)c(O)c(CN2CCOCC2)n1C(C)C(=O)O. The van der Waals surface area contributed by atoms with Crippen LogP contribution in [0.1, 0.15) is 24.4 Å². The van der Waals surface area contributed by atoms with Crippen LogP contribution < -0.4 is 5.43 Å². The van der Waals surface area contributed by atoms with Crippen LogP contribution in [0, 0.1) is 6.92 Å². The fraction of sp³-hybridized carbons (Fsp3) is 0.571. The van der Waals surface area contributed by atoms with E-state index in [1.807, 2.05) is 4.90 Å². The zero-order valence-electron chi connectivity index (χ0n) is 12.2. The predicted molar refractivity (Wildman–Crippen MR) is 75.5 cm³/mol. The average Bonchev–Trinajstić information content (AvgIpc) is 2.45. The van der Waals surface area contributed by atoms with Crippen molar-refractivity contribution in [3.8, 4) is 5.75 Å². The predicted octanol–water partition coefficient (Wildman–Crippen LogP) is 0.340. The van der Waals surface area contributed by atoms with Crippen LogP contribution in [0.3, 0.4) is 0 Å². The van der Waals surface area contributed by atoms with Crippen molar-refractivity contribution in [2.45, 2.75) is 26.4 Å². The highest BCUT2D eigenvalue weighted by Gasteiger charge is 2.23. The minimum absolute atomic E-state index is 0.323. The number of pyridine rings is 1.